The molecular weight excluding hydrogens is 401 g/mol. The maximum atomic E-state index is 14.0. The van der Waals surface area contributed by atoms with Crippen LogP contribution in [0.3, 0.4) is 0 Å². The Bertz CT molecular complexity index is 907. The average Bonchev–Trinajstić information content (AvgIpc) is 2.60. The Morgan fingerprint density at radius 3 is 2.48 bits per heavy atom. The minimum Gasteiger partial charge on any atom is -0.462 e. The monoisotopic (exact) mass is 416 g/mol. The molecule has 2 aromatic rings. The molecule has 27 heavy (non-hydrogen) atoms. The standard InChI is InChI=1S/C18H16Cl2F2N2O3/c1-4-27-18(26)15-13(7-9(2)23-17(15)20)24(3)14(25)8-10-11(21)5-6-12(22)16(10)19/h5-7H,4,8H2,1-3H3. The molecule has 0 aliphatic rings. The number of ether oxygens (including phenoxy) is 1. The van der Waals surface area contributed by atoms with Crippen LogP contribution in [0.25, 0.3) is 0 Å². The third-order valence-corrected chi connectivity index (χ3v) is 4.45. The van der Waals surface area contributed by atoms with E-state index in [1.54, 1.807) is 13.8 Å². The van der Waals surface area contributed by atoms with Gasteiger partial charge >= 0.3 is 5.97 Å². The van der Waals surface area contributed by atoms with Crippen molar-refractivity contribution in [2.24, 2.45) is 0 Å². The highest BCUT2D eigenvalue weighted by Crippen LogP contribution is 2.29. The highest BCUT2D eigenvalue weighted by Gasteiger charge is 2.25. The number of aromatic nitrogens is 1. The molecule has 1 amide bonds. The van der Waals surface area contributed by atoms with E-state index in [9.17, 15) is 18.4 Å². The number of benzene rings is 1. The van der Waals surface area contributed by atoms with Crippen LogP contribution >= 0.6 is 23.2 Å². The number of pyridine rings is 1. The van der Waals surface area contributed by atoms with Crippen molar-refractivity contribution in [2.75, 3.05) is 18.6 Å². The van der Waals surface area contributed by atoms with Crippen molar-refractivity contribution in [1.29, 1.82) is 0 Å². The lowest BCUT2D eigenvalue weighted by atomic mass is 10.1. The first-order valence-corrected chi connectivity index (χ1v) is 8.66. The molecule has 0 unspecified atom stereocenters. The summed E-state index contributed by atoms with van der Waals surface area (Å²) in [6.45, 7) is 3.35. The van der Waals surface area contributed by atoms with Gasteiger partial charge in [-0.3, -0.25) is 4.79 Å². The van der Waals surface area contributed by atoms with Crippen LogP contribution in [-0.2, 0) is 16.0 Å². The lowest BCUT2D eigenvalue weighted by Crippen LogP contribution is -2.30. The van der Waals surface area contributed by atoms with Gasteiger partial charge in [-0.2, -0.15) is 0 Å². The second-order valence-electron chi connectivity index (χ2n) is 5.62. The largest absolute Gasteiger partial charge is 0.462 e. The molecular formula is C18H16Cl2F2N2O3. The fraction of sp³-hybridized carbons (Fsp3) is 0.278. The molecule has 0 saturated carbocycles. The first-order chi connectivity index (χ1) is 12.7. The van der Waals surface area contributed by atoms with Crippen LogP contribution in [-0.4, -0.2) is 30.5 Å². The molecule has 0 N–H and O–H groups in total. The van der Waals surface area contributed by atoms with Crippen molar-refractivity contribution >= 4 is 40.8 Å². The summed E-state index contributed by atoms with van der Waals surface area (Å²) in [4.78, 5) is 30.0. The van der Waals surface area contributed by atoms with Gasteiger partial charge in [0.2, 0.25) is 5.91 Å². The van der Waals surface area contributed by atoms with Gasteiger partial charge in [0.05, 0.1) is 23.7 Å². The lowest BCUT2D eigenvalue weighted by Gasteiger charge is -2.21. The lowest BCUT2D eigenvalue weighted by molar-refractivity contribution is -0.117. The third kappa shape index (κ3) is 4.54. The highest BCUT2D eigenvalue weighted by molar-refractivity contribution is 6.33. The second-order valence-corrected chi connectivity index (χ2v) is 6.36. The van der Waals surface area contributed by atoms with E-state index in [4.69, 9.17) is 27.9 Å². The summed E-state index contributed by atoms with van der Waals surface area (Å²) < 4.78 is 32.5. The van der Waals surface area contributed by atoms with Crippen LogP contribution in [0.5, 0.6) is 0 Å². The van der Waals surface area contributed by atoms with Crippen molar-refractivity contribution < 1.29 is 23.1 Å². The molecule has 9 heteroatoms. The number of esters is 1. The Balaban J connectivity index is 2.43. The molecule has 144 valence electrons. The zero-order valence-corrected chi connectivity index (χ0v) is 16.3. The first-order valence-electron chi connectivity index (χ1n) is 7.90. The molecule has 1 heterocycles. The number of carbonyl (C=O) groups is 2. The van der Waals surface area contributed by atoms with Crippen molar-refractivity contribution in [2.45, 2.75) is 20.3 Å². The van der Waals surface area contributed by atoms with Crippen LogP contribution in [0, 0.1) is 18.6 Å². The number of aryl methyl sites for hydroxylation is 1. The van der Waals surface area contributed by atoms with E-state index in [1.165, 1.54) is 13.1 Å². The summed E-state index contributed by atoms with van der Waals surface area (Å²) in [6.07, 6.45) is -0.514. The molecule has 1 aromatic heterocycles. The topological polar surface area (TPSA) is 59.5 Å². The van der Waals surface area contributed by atoms with Crippen LogP contribution in [0.1, 0.15) is 28.5 Å². The summed E-state index contributed by atoms with van der Waals surface area (Å²) in [7, 11) is 1.38. The zero-order chi connectivity index (χ0) is 20.3. The maximum absolute atomic E-state index is 14.0. The Morgan fingerprint density at radius 1 is 1.22 bits per heavy atom. The van der Waals surface area contributed by atoms with Gasteiger partial charge in [0, 0.05) is 18.3 Å². The van der Waals surface area contributed by atoms with Crippen molar-refractivity contribution in [1.82, 2.24) is 4.98 Å². The van der Waals surface area contributed by atoms with Crippen LogP contribution in [0.2, 0.25) is 10.2 Å². The number of carbonyl (C=O) groups excluding carboxylic acids is 2. The zero-order valence-electron chi connectivity index (χ0n) is 14.8. The van der Waals surface area contributed by atoms with Gasteiger partial charge < -0.3 is 9.64 Å². The van der Waals surface area contributed by atoms with E-state index in [1.807, 2.05) is 0 Å². The number of anilines is 1. The van der Waals surface area contributed by atoms with E-state index in [-0.39, 0.29) is 28.6 Å². The molecule has 5 nitrogen and oxygen atoms in total. The Labute approximate surface area is 164 Å². The summed E-state index contributed by atoms with van der Waals surface area (Å²) in [5.41, 5.74) is 0.232. The van der Waals surface area contributed by atoms with Gasteiger partial charge in [-0.25, -0.2) is 18.6 Å². The molecule has 0 radical (unpaired) electrons. The smallest absolute Gasteiger partial charge is 0.343 e. The van der Waals surface area contributed by atoms with E-state index < -0.39 is 35.0 Å². The van der Waals surface area contributed by atoms with Crippen molar-refractivity contribution in [3.8, 4) is 0 Å². The van der Waals surface area contributed by atoms with E-state index in [2.05, 4.69) is 4.98 Å². The highest BCUT2D eigenvalue weighted by atomic mass is 35.5. The average molecular weight is 417 g/mol. The molecule has 0 fully saturated rings. The minimum atomic E-state index is -0.835. The maximum Gasteiger partial charge on any atom is 0.343 e. The molecule has 0 aliphatic carbocycles. The summed E-state index contributed by atoms with van der Waals surface area (Å²) >= 11 is 11.8. The molecule has 2 rings (SSSR count). The van der Waals surface area contributed by atoms with Gasteiger partial charge in [0.1, 0.15) is 22.4 Å². The summed E-state index contributed by atoms with van der Waals surface area (Å²) in [6, 6.07) is 3.24. The first kappa shape index (κ1) is 21.1. The van der Waals surface area contributed by atoms with E-state index >= 15 is 0 Å². The van der Waals surface area contributed by atoms with Gasteiger partial charge in [0.15, 0.2) is 0 Å². The predicted molar refractivity (Wildman–Crippen MR) is 98.4 cm³/mol. The predicted octanol–water partition coefficient (Wildman–Crippen LogP) is 4.36. The molecule has 1 aromatic carbocycles. The van der Waals surface area contributed by atoms with Crippen LogP contribution in [0.4, 0.5) is 14.5 Å². The number of amides is 1. The number of nitrogens with zero attached hydrogens (tertiary/aromatic N) is 2. The third-order valence-electron chi connectivity index (χ3n) is 3.76. The Kier molecular flexibility index (Phi) is 6.73. The van der Waals surface area contributed by atoms with Crippen LogP contribution < -0.4 is 4.90 Å². The van der Waals surface area contributed by atoms with Gasteiger partial charge in [-0.15, -0.1) is 0 Å². The van der Waals surface area contributed by atoms with Crippen LogP contribution in [0.15, 0.2) is 18.2 Å². The minimum absolute atomic E-state index is 0.0919. The Hall–Kier alpha value is -2.25. The number of likely N-dealkylation sites (N-methyl/N-ethyl adjacent to an activating group) is 1. The summed E-state index contributed by atoms with van der Waals surface area (Å²) in [5, 5.41) is -0.593. The second kappa shape index (κ2) is 8.63. The molecule has 0 spiro atoms. The van der Waals surface area contributed by atoms with Gasteiger partial charge in [-0.1, -0.05) is 23.2 Å². The fourth-order valence-electron chi connectivity index (χ4n) is 2.41. The molecule has 0 atom stereocenters. The fourth-order valence-corrected chi connectivity index (χ4v) is 2.94. The molecule has 0 saturated heterocycles. The molecule has 0 aliphatic heterocycles. The summed E-state index contributed by atoms with van der Waals surface area (Å²) in [5.74, 6) is -3.02. The number of hydrogen-bond acceptors (Lipinski definition) is 4. The van der Waals surface area contributed by atoms with E-state index in [0.29, 0.717) is 5.69 Å². The van der Waals surface area contributed by atoms with Gasteiger partial charge in [-0.05, 0) is 32.0 Å². The number of halogens is 4. The number of rotatable bonds is 5. The van der Waals surface area contributed by atoms with Gasteiger partial charge in [0.25, 0.3) is 0 Å². The number of hydrogen-bond donors (Lipinski definition) is 0. The van der Waals surface area contributed by atoms with Crippen molar-refractivity contribution in [3.05, 3.63) is 56.8 Å². The van der Waals surface area contributed by atoms with E-state index in [0.717, 1.165) is 17.0 Å². The molecule has 0 bridgehead atoms. The SMILES string of the molecule is CCOC(=O)c1c(N(C)C(=O)Cc2c(F)ccc(F)c2Cl)cc(C)nc1Cl. The quantitative estimate of drug-likeness (QED) is 0.412. The normalized spacial score (nSPS) is 10.6. The Morgan fingerprint density at radius 2 is 1.85 bits per heavy atom. The van der Waals surface area contributed by atoms with Crippen molar-refractivity contribution in [3.63, 3.8) is 0 Å².